The van der Waals surface area contributed by atoms with E-state index in [1.165, 1.54) is 0 Å². The lowest BCUT2D eigenvalue weighted by Gasteiger charge is -2.12. The number of nitrogens with two attached hydrogens (primary N) is 1. The molecule has 0 aromatic heterocycles. The fourth-order valence-corrected chi connectivity index (χ4v) is 3.39. The molecule has 1 aromatic rings. The molecule has 0 spiro atoms. The van der Waals surface area contributed by atoms with Crippen LogP contribution >= 0.6 is 31.9 Å². The number of halogens is 2. The van der Waals surface area contributed by atoms with Crippen LogP contribution in [0.5, 0.6) is 5.75 Å². The molecule has 6 nitrogen and oxygen atoms in total. The molecule has 1 amide bonds. The van der Waals surface area contributed by atoms with Crippen LogP contribution in [0.3, 0.4) is 0 Å². The molecule has 4 N–H and O–H groups in total. The van der Waals surface area contributed by atoms with Gasteiger partial charge in [0, 0.05) is 13.0 Å². The van der Waals surface area contributed by atoms with Crippen molar-refractivity contribution in [3.63, 3.8) is 0 Å². The molecule has 0 saturated heterocycles. The van der Waals surface area contributed by atoms with Gasteiger partial charge in [0.2, 0.25) is 0 Å². The molecule has 0 unspecified atom stereocenters. The van der Waals surface area contributed by atoms with Crippen LogP contribution in [0.4, 0.5) is 0 Å². The number of nitrogens with zero attached hydrogens (tertiary/aromatic N) is 1. The molecule has 0 aliphatic heterocycles. The molecule has 1 aromatic carbocycles. The zero-order valence-corrected chi connectivity index (χ0v) is 22.6. The Kier molecular flexibility index (Phi) is 20.8. The molecule has 174 valence electrons. The summed E-state index contributed by atoms with van der Waals surface area (Å²) in [5, 5.41) is 10.7. The third-order valence-electron chi connectivity index (χ3n) is 3.76. The summed E-state index contributed by atoms with van der Waals surface area (Å²) >= 11 is 6.94. The van der Waals surface area contributed by atoms with E-state index in [-0.39, 0.29) is 18.0 Å². The first-order valence-corrected chi connectivity index (χ1v) is 12.2. The van der Waals surface area contributed by atoms with Crippen LogP contribution in [0.15, 0.2) is 21.1 Å². The third kappa shape index (κ3) is 14.9. The van der Waals surface area contributed by atoms with Crippen molar-refractivity contribution in [1.82, 2.24) is 10.2 Å². The number of nitrogens with one attached hydrogen (secondary N) is 2. The van der Waals surface area contributed by atoms with Gasteiger partial charge in [-0.3, -0.25) is 10.2 Å². The minimum Gasteiger partial charge on any atom is -0.491 e. The van der Waals surface area contributed by atoms with E-state index in [4.69, 9.17) is 15.9 Å². The summed E-state index contributed by atoms with van der Waals surface area (Å²) in [6.07, 6.45) is 2.99. The average Bonchev–Trinajstić information content (AvgIpc) is 2.72. The number of ether oxygens (including phenoxy) is 1. The van der Waals surface area contributed by atoms with E-state index in [1.807, 2.05) is 26.0 Å². The summed E-state index contributed by atoms with van der Waals surface area (Å²) < 4.78 is 7.25. The van der Waals surface area contributed by atoms with Gasteiger partial charge in [-0.05, 0) is 89.6 Å². The highest BCUT2D eigenvalue weighted by atomic mass is 79.9. The van der Waals surface area contributed by atoms with Gasteiger partial charge < -0.3 is 20.7 Å². The number of carbonyl (C=O) groups is 1. The second-order valence-electron chi connectivity index (χ2n) is 6.54. The SMILES string of the molecule is CC.CCCCNC(=O)C(=N)Cc1cc(Br)c(OCCCN)c(Br)c1.CCN(C)C. The van der Waals surface area contributed by atoms with E-state index in [2.05, 4.69) is 70.0 Å². The van der Waals surface area contributed by atoms with Crippen molar-refractivity contribution in [2.24, 2.45) is 5.73 Å². The van der Waals surface area contributed by atoms with Crippen molar-refractivity contribution >= 4 is 43.5 Å². The van der Waals surface area contributed by atoms with Crippen molar-refractivity contribution in [3.05, 3.63) is 26.6 Å². The van der Waals surface area contributed by atoms with E-state index in [1.54, 1.807) is 0 Å². The van der Waals surface area contributed by atoms with Crippen LogP contribution in [0.2, 0.25) is 0 Å². The predicted molar refractivity (Wildman–Crippen MR) is 136 cm³/mol. The van der Waals surface area contributed by atoms with Gasteiger partial charge in [0.25, 0.3) is 5.91 Å². The van der Waals surface area contributed by atoms with Crippen LogP contribution in [0.25, 0.3) is 0 Å². The number of hydrogen-bond acceptors (Lipinski definition) is 5. The minimum atomic E-state index is -0.311. The van der Waals surface area contributed by atoms with Crippen molar-refractivity contribution in [2.45, 2.75) is 53.4 Å². The fourth-order valence-electron chi connectivity index (χ4n) is 1.88. The molecule has 30 heavy (non-hydrogen) atoms. The Morgan fingerprint density at radius 2 is 1.70 bits per heavy atom. The molecule has 1 rings (SSSR count). The molecular weight excluding hydrogens is 512 g/mol. The summed E-state index contributed by atoms with van der Waals surface area (Å²) in [5.41, 5.74) is 6.37. The summed E-state index contributed by atoms with van der Waals surface area (Å²) in [4.78, 5) is 14.0. The topological polar surface area (TPSA) is 91.4 Å². The monoisotopic (exact) mass is 550 g/mol. The Morgan fingerprint density at radius 1 is 1.17 bits per heavy atom. The molecule has 0 aliphatic carbocycles. The van der Waals surface area contributed by atoms with Crippen molar-refractivity contribution in [2.75, 3.05) is 40.3 Å². The Morgan fingerprint density at radius 3 is 2.13 bits per heavy atom. The third-order valence-corrected chi connectivity index (χ3v) is 4.93. The van der Waals surface area contributed by atoms with E-state index in [0.717, 1.165) is 40.3 Å². The minimum absolute atomic E-state index is 0.0525. The summed E-state index contributed by atoms with van der Waals surface area (Å²) in [6, 6.07) is 3.74. The molecule has 0 bridgehead atoms. The van der Waals surface area contributed by atoms with Gasteiger partial charge in [-0.2, -0.15) is 0 Å². The van der Waals surface area contributed by atoms with Gasteiger partial charge in [0.1, 0.15) is 11.5 Å². The number of benzene rings is 1. The number of unbranched alkanes of at least 4 members (excludes halogenated alkanes) is 1. The number of amides is 1. The van der Waals surface area contributed by atoms with Gasteiger partial charge >= 0.3 is 0 Å². The van der Waals surface area contributed by atoms with Crippen molar-refractivity contribution in [3.8, 4) is 5.75 Å². The smallest absolute Gasteiger partial charge is 0.265 e. The van der Waals surface area contributed by atoms with Crippen molar-refractivity contribution < 1.29 is 9.53 Å². The standard InChI is InChI=1S/C16H23Br2N3O2.C4H11N.C2H6/c1-2-3-6-21-16(22)14(20)10-11-8-12(17)15(13(18)9-11)23-7-4-5-19;1-4-5(2)3;1-2/h8-9,20H,2-7,10,19H2,1H3,(H,21,22);4H2,1-3H3;1-2H3. The number of carbonyl (C=O) groups excluding carboxylic acids is 1. The molecule has 8 heteroatoms. The molecule has 0 aliphatic rings. The maximum Gasteiger partial charge on any atom is 0.265 e. The maximum atomic E-state index is 11.8. The largest absolute Gasteiger partial charge is 0.491 e. The van der Waals surface area contributed by atoms with Gasteiger partial charge in [0.15, 0.2) is 0 Å². The lowest BCUT2D eigenvalue weighted by atomic mass is 10.1. The summed E-state index contributed by atoms with van der Waals surface area (Å²) in [6.45, 7) is 11.1. The molecule has 0 fully saturated rings. The quantitative estimate of drug-likeness (QED) is 0.266. The van der Waals surface area contributed by atoms with Crippen molar-refractivity contribution in [1.29, 1.82) is 5.41 Å². The normalized spacial score (nSPS) is 9.80. The fraction of sp³-hybridized carbons (Fsp3) is 0.636. The van der Waals surface area contributed by atoms with Gasteiger partial charge in [-0.1, -0.05) is 34.1 Å². The Balaban J connectivity index is 0. The summed E-state index contributed by atoms with van der Waals surface area (Å²) in [7, 11) is 4.11. The highest BCUT2D eigenvalue weighted by Gasteiger charge is 2.13. The van der Waals surface area contributed by atoms with E-state index in [9.17, 15) is 4.79 Å². The second-order valence-corrected chi connectivity index (χ2v) is 8.25. The van der Waals surface area contributed by atoms with Crippen LogP contribution in [-0.2, 0) is 11.2 Å². The first kappa shape index (κ1) is 31.2. The van der Waals surface area contributed by atoms with Crippen LogP contribution in [0.1, 0.15) is 52.5 Å². The molecule has 0 radical (unpaired) electrons. The Hall–Kier alpha value is -0.960. The summed E-state index contributed by atoms with van der Waals surface area (Å²) in [5.74, 6) is 0.398. The highest BCUT2D eigenvalue weighted by molar-refractivity contribution is 9.11. The first-order chi connectivity index (χ1) is 14.3. The maximum absolute atomic E-state index is 11.8. The molecule has 0 saturated carbocycles. The van der Waals surface area contributed by atoms with Crippen LogP contribution in [-0.4, -0.2) is 56.9 Å². The van der Waals surface area contributed by atoms with E-state index in [0.29, 0.717) is 25.4 Å². The van der Waals surface area contributed by atoms with Crippen LogP contribution < -0.4 is 15.8 Å². The lowest BCUT2D eigenvalue weighted by Crippen LogP contribution is -2.32. The van der Waals surface area contributed by atoms with Gasteiger partial charge in [0.05, 0.1) is 15.6 Å². The number of rotatable bonds is 11. The predicted octanol–water partition coefficient (Wildman–Crippen LogP) is 5.01. The number of hydrogen-bond donors (Lipinski definition) is 3. The Labute approximate surface area is 200 Å². The zero-order chi connectivity index (χ0) is 23.5. The molecule has 0 atom stereocenters. The van der Waals surface area contributed by atoms with E-state index >= 15 is 0 Å². The lowest BCUT2D eigenvalue weighted by molar-refractivity contribution is -0.114. The van der Waals surface area contributed by atoms with E-state index < -0.39 is 0 Å². The second kappa shape index (κ2) is 20.0. The molecular formula is C22H40Br2N4O2. The average molecular weight is 552 g/mol. The highest BCUT2D eigenvalue weighted by Crippen LogP contribution is 2.35. The first-order valence-electron chi connectivity index (χ1n) is 10.6. The van der Waals surface area contributed by atoms with Gasteiger partial charge in [-0.25, -0.2) is 0 Å². The Bertz CT molecular complexity index is 588. The van der Waals surface area contributed by atoms with Crippen LogP contribution in [0, 0.1) is 5.41 Å². The molecule has 0 heterocycles. The zero-order valence-electron chi connectivity index (χ0n) is 19.4. The van der Waals surface area contributed by atoms with Gasteiger partial charge in [-0.15, -0.1) is 0 Å².